The molecule has 0 atom stereocenters. The molecule has 2 aromatic heterocycles. The zero-order valence-electron chi connectivity index (χ0n) is 11.0. The van der Waals surface area contributed by atoms with Crippen LogP contribution in [0.15, 0.2) is 59.4 Å². The molecule has 0 radical (unpaired) electrons. The molecule has 0 aliphatic heterocycles. The molecular weight excluding hydrogens is 304 g/mol. The summed E-state index contributed by atoms with van der Waals surface area (Å²) in [4.78, 5) is 16.2. The number of para-hydroxylation sites is 1. The highest BCUT2D eigenvalue weighted by molar-refractivity contribution is 7.08. The van der Waals surface area contributed by atoms with Crippen LogP contribution in [-0.2, 0) is 4.79 Å². The lowest BCUT2D eigenvalue weighted by atomic mass is 10.2. The maximum atomic E-state index is 11.9. The number of aromatic nitrogens is 1. The Bertz CT molecular complexity index is 764. The molecule has 21 heavy (non-hydrogen) atoms. The van der Waals surface area contributed by atoms with Crippen molar-refractivity contribution in [1.82, 2.24) is 4.98 Å². The van der Waals surface area contributed by atoms with E-state index >= 15 is 0 Å². The smallest absolute Gasteiger partial charge is 0.248 e. The second kappa shape index (κ2) is 7.02. The average molecular weight is 317 g/mol. The fourth-order valence-electron chi connectivity index (χ4n) is 1.92. The van der Waals surface area contributed by atoms with Gasteiger partial charge in [-0.25, -0.2) is 0 Å². The van der Waals surface area contributed by atoms with Gasteiger partial charge < -0.3 is 5.32 Å². The highest BCUT2D eigenvalue weighted by Crippen LogP contribution is 2.20. The predicted molar refractivity (Wildman–Crippen MR) is 91.0 cm³/mol. The summed E-state index contributed by atoms with van der Waals surface area (Å²) < 4.78 is 0. The molecule has 0 bridgehead atoms. The van der Waals surface area contributed by atoms with E-state index in [1.54, 1.807) is 29.7 Å². The van der Waals surface area contributed by atoms with Crippen LogP contribution < -0.4 is 5.32 Å². The van der Waals surface area contributed by atoms with Gasteiger partial charge in [-0.05, 0) is 40.6 Å². The lowest BCUT2D eigenvalue weighted by Gasteiger charge is -2.05. The third kappa shape index (κ3) is 3.68. The zero-order valence-corrected chi connectivity index (χ0v) is 12.7. The van der Waals surface area contributed by atoms with Crippen molar-refractivity contribution < 1.29 is 4.79 Å². The van der Waals surface area contributed by atoms with E-state index in [-0.39, 0.29) is 18.3 Å². The summed E-state index contributed by atoms with van der Waals surface area (Å²) in [5.74, 6) is -0.146. The fourth-order valence-corrected chi connectivity index (χ4v) is 2.55. The Hall–Kier alpha value is -2.17. The van der Waals surface area contributed by atoms with Gasteiger partial charge in [0.15, 0.2) is 0 Å². The van der Waals surface area contributed by atoms with Crippen LogP contribution in [0.25, 0.3) is 17.0 Å². The average Bonchev–Trinajstić information content (AvgIpc) is 2.99. The molecule has 3 rings (SSSR count). The summed E-state index contributed by atoms with van der Waals surface area (Å²) in [6.45, 7) is 0. The van der Waals surface area contributed by atoms with E-state index in [0.29, 0.717) is 0 Å². The molecule has 0 saturated heterocycles. The Morgan fingerprint density at radius 3 is 2.86 bits per heavy atom. The van der Waals surface area contributed by atoms with E-state index < -0.39 is 0 Å². The fraction of sp³-hybridized carbons (Fsp3) is 0. The molecular formula is C16H13ClN2OS. The number of halogens is 1. The number of nitrogens with zero attached hydrogens (tertiary/aromatic N) is 1. The quantitative estimate of drug-likeness (QED) is 0.729. The number of carbonyl (C=O) groups is 1. The first-order valence-corrected chi connectivity index (χ1v) is 7.12. The lowest BCUT2D eigenvalue weighted by molar-refractivity contribution is -0.111. The second-order valence-corrected chi connectivity index (χ2v) is 5.03. The molecule has 1 aromatic carbocycles. The van der Waals surface area contributed by atoms with Crippen LogP contribution in [0.2, 0.25) is 0 Å². The van der Waals surface area contributed by atoms with Gasteiger partial charge in [-0.1, -0.05) is 18.2 Å². The van der Waals surface area contributed by atoms with Crippen LogP contribution in [0.5, 0.6) is 0 Å². The molecule has 0 spiro atoms. The largest absolute Gasteiger partial charge is 0.322 e. The van der Waals surface area contributed by atoms with Gasteiger partial charge in [0.05, 0.1) is 11.2 Å². The van der Waals surface area contributed by atoms with Crippen molar-refractivity contribution in [3.8, 4) is 0 Å². The van der Waals surface area contributed by atoms with Crippen LogP contribution in [0.1, 0.15) is 5.56 Å². The Morgan fingerprint density at radius 2 is 2.05 bits per heavy atom. The van der Waals surface area contributed by atoms with Crippen LogP contribution >= 0.6 is 23.7 Å². The van der Waals surface area contributed by atoms with Gasteiger partial charge >= 0.3 is 0 Å². The van der Waals surface area contributed by atoms with Crippen LogP contribution in [0.4, 0.5) is 5.69 Å². The van der Waals surface area contributed by atoms with E-state index in [0.717, 1.165) is 22.2 Å². The number of rotatable bonds is 3. The van der Waals surface area contributed by atoms with Crippen molar-refractivity contribution in [3.05, 3.63) is 65.0 Å². The van der Waals surface area contributed by atoms with E-state index in [1.165, 1.54) is 6.08 Å². The van der Waals surface area contributed by atoms with Crippen molar-refractivity contribution in [2.45, 2.75) is 0 Å². The molecule has 0 aliphatic carbocycles. The molecule has 0 fully saturated rings. The lowest BCUT2D eigenvalue weighted by Crippen LogP contribution is -2.08. The molecule has 1 amide bonds. The van der Waals surface area contributed by atoms with E-state index in [1.807, 2.05) is 41.1 Å². The molecule has 1 N–H and O–H groups in total. The monoisotopic (exact) mass is 316 g/mol. The SMILES string of the molecule is Cl.O=C(/C=C/c1ccsc1)Nc1ccnc2ccccc12. The van der Waals surface area contributed by atoms with Gasteiger partial charge in [-0.15, -0.1) is 12.4 Å². The van der Waals surface area contributed by atoms with Crippen LogP contribution in [-0.4, -0.2) is 10.9 Å². The molecule has 0 unspecified atom stereocenters. The van der Waals surface area contributed by atoms with Gasteiger partial charge in [0.1, 0.15) is 0 Å². The molecule has 106 valence electrons. The number of amides is 1. The number of fused-ring (bicyclic) bond motifs is 1. The van der Waals surface area contributed by atoms with E-state index in [4.69, 9.17) is 0 Å². The van der Waals surface area contributed by atoms with Crippen LogP contribution in [0, 0.1) is 0 Å². The Balaban J connectivity index is 0.00000161. The number of hydrogen-bond donors (Lipinski definition) is 1. The zero-order chi connectivity index (χ0) is 13.8. The molecule has 2 heterocycles. The first-order chi connectivity index (χ1) is 9.83. The van der Waals surface area contributed by atoms with Gasteiger partial charge in [0.25, 0.3) is 0 Å². The number of hydrogen-bond acceptors (Lipinski definition) is 3. The number of benzene rings is 1. The minimum absolute atomic E-state index is 0. The van der Waals surface area contributed by atoms with Crippen molar-refractivity contribution in [2.24, 2.45) is 0 Å². The van der Waals surface area contributed by atoms with Crippen molar-refractivity contribution >= 4 is 52.3 Å². The highest BCUT2D eigenvalue weighted by Gasteiger charge is 2.03. The Kier molecular flexibility index (Phi) is 5.09. The predicted octanol–water partition coefficient (Wildman–Crippen LogP) is 4.37. The minimum Gasteiger partial charge on any atom is -0.322 e. The third-order valence-electron chi connectivity index (χ3n) is 2.88. The molecule has 3 nitrogen and oxygen atoms in total. The summed E-state index contributed by atoms with van der Waals surface area (Å²) in [6, 6.07) is 11.5. The van der Waals surface area contributed by atoms with Crippen molar-refractivity contribution in [1.29, 1.82) is 0 Å². The Morgan fingerprint density at radius 1 is 1.19 bits per heavy atom. The third-order valence-corrected chi connectivity index (χ3v) is 3.58. The van der Waals surface area contributed by atoms with Crippen LogP contribution in [0.3, 0.4) is 0 Å². The minimum atomic E-state index is -0.146. The van der Waals surface area contributed by atoms with Gasteiger partial charge in [0.2, 0.25) is 5.91 Å². The first kappa shape index (κ1) is 15.2. The number of anilines is 1. The van der Waals surface area contributed by atoms with Gasteiger partial charge in [-0.3, -0.25) is 9.78 Å². The Labute approximate surface area is 132 Å². The second-order valence-electron chi connectivity index (χ2n) is 4.25. The maximum absolute atomic E-state index is 11.9. The summed E-state index contributed by atoms with van der Waals surface area (Å²) in [5, 5.41) is 7.79. The maximum Gasteiger partial charge on any atom is 0.248 e. The van der Waals surface area contributed by atoms with E-state index in [9.17, 15) is 4.79 Å². The molecule has 5 heteroatoms. The number of carbonyl (C=O) groups excluding carboxylic acids is 1. The molecule has 0 aliphatic rings. The van der Waals surface area contributed by atoms with Crippen molar-refractivity contribution in [3.63, 3.8) is 0 Å². The number of nitrogens with one attached hydrogen (secondary N) is 1. The number of thiophene rings is 1. The summed E-state index contributed by atoms with van der Waals surface area (Å²) in [6.07, 6.45) is 5.03. The molecule has 0 saturated carbocycles. The highest BCUT2D eigenvalue weighted by atomic mass is 35.5. The summed E-state index contributed by atoms with van der Waals surface area (Å²) >= 11 is 1.61. The van der Waals surface area contributed by atoms with Gasteiger partial charge in [0, 0.05) is 17.7 Å². The standard InChI is InChI=1S/C16H12N2OS.ClH/c19-16(6-5-12-8-10-20-11-12)18-15-7-9-17-14-4-2-1-3-13(14)15;/h1-11H,(H,17,18,19);1H/b6-5+;. The van der Waals surface area contributed by atoms with E-state index in [2.05, 4.69) is 10.3 Å². The van der Waals surface area contributed by atoms with Gasteiger partial charge in [-0.2, -0.15) is 11.3 Å². The number of pyridine rings is 1. The normalized spacial score (nSPS) is 10.5. The molecule has 3 aromatic rings. The summed E-state index contributed by atoms with van der Waals surface area (Å²) in [7, 11) is 0. The van der Waals surface area contributed by atoms with Crippen molar-refractivity contribution in [2.75, 3.05) is 5.32 Å². The first-order valence-electron chi connectivity index (χ1n) is 6.18. The summed E-state index contributed by atoms with van der Waals surface area (Å²) in [5.41, 5.74) is 2.67. The topological polar surface area (TPSA) is 42.0 Å².